The summed E-state index contributed by atoms with van der Waals surface area (Å²) in [6.07, 6.45) is 18.2. The molecule has 0 nitrogen and oxygen atoms in total. The van der Waals surface area contributed by atoms with Gasteiger partial charge >= 0.3 is 0 Å². The third-order valence-electron chi connectivity index (χ3n) is 5.67. The molecular weight excluding hydrogens is 259 g/mol. The van der Waals surface area contributed by atoms with Gasteiger partial charge in [-0.1, -0.05) is 70.6 Å². The molecule has 0 bridgehead atoms. The fourth-order valence-electron chi connectivity index (χ4n) is 4.17. The van der Waals surface area contributed by atoms with Crippen LogP contribution >= 0.6 is 0 Å². The molecule has 120 valence electrons. The fraction of sp³-hybridized carbons (Fsp3) is 0.800. The minimum Gasteiger partial charge on any atom is -0.243 e. The summed E-state index contributed by atoms with van der Waals surface area (Å²) in [6, 6.07) is 0. The van der Waals surface area contributed by atoms with Crippen molar-refractivity contribution < 1.29 is 4.39 Å². The Balaban J connectivity index is 1.78. The highest BCUT2D eigenvalue weighted by molar-refractivity contribution is 5.20. The molecule has 0 aromatic rings. The van der Waals surface area contributed by atoms with Gasteiger partial charge in [-0.05, 0) is 49.0 Å². The standard InChI is InChI=1S/C20H33F/c1-3-5-6-8-16-11-13-18(14-12-16)19-10-7-9-17(4-2)20(21)15-19/h7,9-10,16,18-20H,3-6,8,11-15H2,1-2H3. The highest BCUT2D eigenvalue weighted by atomic mass is 19.1. The molecule has 0 aromatic carbocycles. The van der Waals surface area contributed by atoms with E-state index in [1.54, 1.807) is 0 Å². The summed E-state index contributed by atoms with van der Waals surface area (Å²) in [4.78, 5) is 0. The first kappa shape index (κ1) is 16.8. The molecule has 0 amide bonds. The number of allylic oxidation sites excluding steroid dienone is 4. The van der Waals surface area contributed by atoms with E-state index in [2.05, 4.69) is 26.0 Å². The molecule has 21 heavy (non-hydrogen) atoms. The van der Waals surface area contributed by atoms with Gasteiger partial charge in [-0.2, -0.15) is 0 Å². The maximum atomic E-state index is 14.3. The van der Waals surface area contributed by atoms with Crippen molar-refractivity contribution in [3.63, 3.8) is 0 Å². The molecule has 0 saturated heterocycles. The Morgan fingerprint density at radius 1 is 1.10 bits per heavy atom. The second kappa shape index (κ2) is 8.76. The summed E-state index contributed by atoms with van der Waals surface area (Å²) < 4.78 is 14.3. The second-order valence-electron chi connectivity index (χ2n) is 7.12. The Labute approximate surface area is 130 Å². The molecule has 0 spiro atoms. The average Bonchev–Trinajstić information content (AvgIpc) is 2.69. The first-order chi connectivity index (χ1) is 10.2. The molecule has 0 aliphatic heterocycles. The number of unbranched alkanes of at least 4 members (excludes halogenated alkanes) is 2. The lowest BCUT2D eigenvalue weighted by Crippen LogP contribution is -2.23. The number of hydrogen-bond donors (Lipinski definition) is 0. The van der Waals surface area contributed by atoms with Crippen molar-refractivity contribution in [1.82, 2.24) is 0 Å². The molecule has 2 rings (SSSR count). The Kier molecular flexibility index (Phi) is 6.99. The highest BCUT2D eigenvalue weighted by Crippen LogP contribution is 2.39. The van der Waals surface area contributed by atoms with Crippen LogP contribution in [-0.4, -0.2) is 6.17 Å². The predicted octanol–water partition coefficient (Wildman–Crippen LogP) is 6.62. The van der Waals surface area contributed by atoms with E-state index in [-0.39, 0.29) is 0 Å². The lowest BCUT2D eigenvalue weighted by Gasteiger charge is -2.33. The first-order valence-corrected chi connectivity index (χ1v) is 9.25. The average molecular weight is 292 g/mol. The van der Waals surface area contributed by atoms with Crippen LogP contribution < -0.4 is 0 Å². The van der Waals surface area contributed by atoms with E-state index in [0.29, 0.717) is 5.92 Å². The van der Waals surface area contributed by atoms with Crippen molar-refractivity contribution >= 4 is 0 Å². The summed E-state index contributed by atoms with van der Waals surface area (Å²) in [6.45, 7) is 4.34. The minimum absolute atomic E-state index is 0.469. The van der Waals surface area contributed by atoms with Crippen LogP contribution in [0.15, 0.2) is 23.8 Å². The van der Waals surface area contributed by atoms with Gasteiger partial charge in [-0.15, -0.1) is 0 Å². The first-order valence-electron chi connectivity index (χ1n) is 9.25. The molecule has 1 heteroatoms. The van der Waals surface area contributed by atoms with Crippen molar-refractivity contribution in [2.45, 2.75) is 84.2 Å². The summed E-state index contributed by atoms with van der Waals surface area (Å²) in [5, 5.41) is 0. The largest absolute Gasteiger partial charge is 0.243 e. The smallest absolute Gasteiger partial charge is 0.122 e. The van der Waals surface area contributed by atoms with Crippen molar-refractivity contribution in [3.8, 4) is 0 Å². The van der Waals surface area contributed by atoms with Crippen LogP contribution in [0, 0.1) is 17.8 Å². The fourth-order valence-corrected chi connectivity index (χ4v) is 4.17. The molecule has 0 aromatic heterocycles. The van der Waals surface area contributed by atoms with Crippen LogP contribution in [0.3, 0.4) is 0 Å². The van der Waals surface area contributed by atoms with Crippen LogP contribution in [0.2, 0.25) is 0 Å². The van der Waals surface area contributed by atoms with Crippen LogP contribution in [-0.2, 0) is 0 Å². The Hall–Kier alpha value is -0.590. The topological polar surface area (TPSA) is 0 Å². The lowest BCUT2D eigenvalue weighted by atomic mass is 9.73. The number of halogens is 1. The zero-order valence-electron chi connectivity index (χ0n) is 14.0. The van der Waals surface area contributed by atoms with Crippen molar-refractivity contribution in [2.75, 3.05) is 0 Å². The summed E-state index contributed by atoms with van der Waals surface area (Å²) >= 11 is 0. The molecule has 2 unspecified atom stereocenters. The molecule has 0 heterocycles. The van der Waals surface area contributed by atoms with Crippen LogP contribution in [0.25, 0.3) is 0 Å². The molecule has 2 atom stereocenters. The normalized spacial score (nSPS) is 33.6. The Morgan fingerprint density at radius 2 is 1.86 bits per heavy atom. The molecule has 0 radical (unpaired) electrons. The van der Waals surface area contributed by atoms with E-state index in [9.17, 15) is 4.39 Å². The van der Waals surface area contributed by atoms with Crippen LogP contribution in [0.1, 0.15) is 78.1 Å². The van der Waals surface area contributed by atoms with E-state index in [1.807, 2.05) is 6.08 Å². The van der Waals surface area contributed by atoms with Crippen molar-refractivity contribution in [3.05, 3.63) is 23.8 Å². The number of rotatable bonds is 6. The maximum Gasteiger partial charge on any atom is 0.122 e. The Bertz CT molecular complexity index is 347. The van der Waals surface area contributed by atoms with E-state index in [1.165, 1.54) is 51.4 Å². The monoisotopic (exact) mass is 292 g/mol. The highest BCUT2D eigenvalue weighted by Gasteiger charge is 2.29. The SMILES string of the molecule is CCCCCC1CCC(C2C=CC=C(CC)C(F)C2)CC1. The van der Waals surface area contributed by atoms with Crippen LogP contribution in [0.5, 0.6) is 0 Å². The summed E-state index contributed by atoms with van der Waals surface area (Å²) in [5.74, 6) is 2.15. The van der Waals surface area contributed by atoms with Crippen molar-refractivity contribution in [1.29, 1.82) is 0 Å². The minimum atomic E-state index is -0.711. The van der Waals surface area contributed by atoms with Gasteiger partial charge in [-0.3, -0.25) is 0 Å². The summed E-state index contributed by atoms with van der Waals surface area (Å²) in [7, 11) is 0. The third-order valence-corrected chi connectivity index (χ3v) is 5.67. The molecule has 1 fully saturated rings. The van der Waals surface area contributed by atoms with E-state index in [0.717, 1.165) is 30.3 Å². The van der Waals surface area contributed by atoms with E-state index < -0.39 is 6.17 Å². The van der Waals surface area contributed by atoms with Crippen molar-refractivity contribution in [2.24, 2.45) is 17.8 Å². The van der Waals surface area contributed by atoms with E-state index in [4.69, 9.17) is 0 Å². The van der Waals surface area contributed by atoms with E-state index >= 15 is 0 Å². The molecule has 2 aliphatic carbocycles. The Morgan fingerprint density at radius 3 is 2.52 bits per heavy atom. The predicted molar refractivity (Wildman–Crippen MR) is 90.1 cm³/mol. The molecule has 1 saturated carbocycles. The van der Waals surface area contributed by atoms with Gasteiger partial charge < -0.3 is 0 Å². The van der Waals surface area contributed by atoms with Gasteiger partial charge in [0.15, 0.2) is 0 Å². The maximum absolute atomic E-state index is 14.3. The zero-order valence-corrected chi connectivity index (χ0v) is 14.0. The van der Waals surface area contributed by atoms with Gasteiger partial charge in [0, 0.05) is 0 Å². The number of hydrogen-bond acceptors (Lipinski definition) is 0. The van der Waals surface area contributed by atoms with Gasteiger partial charge in [0.2, 0.25) is 0 Å². The number of alkyl halides is 1. The zero-order chi connectivity index (χ0) is 15.1. The third kappa shape index (κ3) is 4.97. The quantitative estimate of drug-likeness (QED) is 0.482. The molecular formula is C20H33F. The van der Waals surface area contributed by atoms with Gasteiger partial charge in [0.25, 0.3) is 0 Å². The molecule has 0 N–H and O–H groups in total. The lowest BCUT2D eigenvalue weighted by molar-refractivity contribution is 0.192. The summed E-state index contributed by atoms with van der Waals surface area (Å²) in [5.41, 5.74) is 0.988. The van der Waals surface area contributed by atoms with Crippen LogP contribution in [0.4, 0.5) is 4.39 Å². The van der Waals surface area contributed by atoms with Gasteiger partial charge in [0.05, 0.1) is 0 Å². The van der Waals surface area contributed by atoms with Gasteiger partial charge in [-0.25, -0.2) is 4.39 Å². The van der Waals surface area contributed by atoms with Gasteiger partial charge in [0.1, 0.15) is 6.17 Å². The molecule has 2 aliphatic rings. The second-order valence-corrected chi connectivity index (χ2v) is 7.12.